The number of imidazole rings is 1. The van der Waals surface area contributed by atoms with Gasteiger partial charge in [0, 0.05) is 37.4 Å². The lowest BCUT2D eigenvalue weighted by molar-refractivity contribution is 0.0861. The van der Waals surface area contributed by atoms with Crippen molar-refractivity contribution in [3.8, 4) is 5.69 Å². The Balaban J connectivity index is 1.65. The minimum atomic E-state index is -0.0674. The first kappa shape index (κ1) is 18.5. The first-order valence-electron chi connectivity index (χ1n) is 8.88. The number of aromatic nitrogens is 2. The first-order chi connectivity index (χ1) is 13.0. The van der Waals surface area contributed by atoms with Crippen LogP contribution in [-0.2, 0) is 4.74 Å². The summed E-state index contributed by atoms with van der Waals surface area (Å²) >= 11 is 4.94. The van der Waals surface area contributed by atoms with Gasteiger partial charge in [-0.2, -0.15) is 0 Å². The summed E-state index contributed by atoms with van der Waals surface area (Å²) in [5.74, 6) is 0.771. The maximum absolute atomic E-state index is 12.6. The average Bonchev–Trinajstić information content (AvgIpc) is 3.36. The molecule has 1 saturated heterocycles. The highest BCUT2D eigenvalue weighted by molar-refractivity contribution is 9.10. The third-order valence-electron chi connectivity index (χ3n) is 4.54. The Kier molecular flexibility index (Phi) is 5.21. The van der Waals surface area contributed by atoms with Gasteiger partial charge in [-0.3, -0.25) is 9.36 Å². The Morgan fingerprint density at radius 3 is 2.85 bits per heavy atom. The van der Waals surface area contributed by atoms with Gasteiger partial charge in [-0.05, 0) is 43.2 Å². The van der Waals surface area contributed by atoms with Gasteiger partial charge in [-0.15, -0.1) is 11.3 Å². The van der Waals surface area contributed by atoms with Gasteiger partial charge >= 0.3 is 0 Å². The summed E-state index contributed by atoms with van der Waals surface area (Å²) in [6, 6.07) is 9.95. The summed E-state index contributed by atoms with van der Waals surface area (Å²) in [4.78, 5) is 20.9. The molecule has 3 heterocycles. The topological polar surface area (TPSA) is 59.4 Å². The van der Waals surface area contributed by atoms with Crippen LogP contribution in [0.5, 0.6) is 0 Å². The number of anilines is 1. The molecule has 0 radical (unpaired) electrons. The molecule has 0 spiro atoms. The zero-order valence-corrected chi connectivity index (χ0v) is 17.6. The maximum atomic E-state index is 12.6. The number of rotatable bonds is 5. The van der Waals surface area contributed by atoms with Crippen molar-refractivity contribution in [2.24, 2.45) is 0 Å². The van der Waals surface area contributed by atoms with Crippen molar-refractivity contribution in [2.75, 3.05) is 32.1 Å². The molecule has 1 N–H and O–H groups in total. The summed E-state index contributed by atoms with van der Waals surface area (Å²) < 4.78 is 8.68. The summed E-state index contributed by atoms with van der Waals surface area (Å²) in [5, 5.41) is 2.99. The molecule has 0 bridgehead atoms. The van der Waals surface area contributed by atoms with Gasteiger partial charge in [0.2, 0.25) is 5.95 Å². The molecule has 8 heteroatoms. The second kappa shape index (κ2) is 7.61. The van der Waals surface area contributed by atoms with Crippen molar-refractivity contribution in [3.63, 3.8) is 0 Å². The number of nitrogens with zero attached hydrogens (tertiary/aromatic N) is 3. The van der Waals surface area contributed by atoms with Gasteiger partial charge in [-0.25, -0.2) is 4.98 Å². The SMILES string of the molecule is CN(C)c1nc2cc(C(=O)NC[C@@H]3CCCO3)sc2n1-c1ccc(Br)cc1. The quantitative estimate of drug-likeness (QED) is 0.644. The Hall–Kier alpha value is -1.90. The Bertz CT molecular complexity index is 958. The molecule has 2 aromatic heterocycles. The van der Waals surface area contributed by atoms with Crippen molar-refractivity contribution in [1.29, 1.82) is 0 Å². The Morgan fingerprint density at radius 2 is 2.19 bits per heavy atom. The molecule has 6 nitrogen and oxygen atoms in total. The third kappa shape index (κ3) is 3.74. The third-order valence-corrected chi connectivity index (χ3v) is 6.18. The van der Waals surface area contributed by atoms with E-state index >= 15 is 0 Å². The fraction of sp³-hybridized carbons (Fsp3) is 0.368. The lowest BCUT2D eigenvalue weighted by atomic mass is 10.2. The highest BCUT2D eigenvalue weighted by Gasteiger charge is 2.21. The molecular weight excluding hydrogens is 428 g/mol. The highest BCUT2D eigenvalue weighted by atomic mass is 79.9. The van der Waals surface area contributed by atoms with Crippen LogP contribution >= 0.6 is 27.3 Å². The number of carbonyl (C=O) groups is 1. The molecule has 1 amide bonds. The molecule has 4 rings (SSSR count). The summed E-state index contributed by atoms with van der Waals surface area (Å²) in [6.07, 6.45) is 2.21. The van der Waals surface area contributed by atoms with E-state index < -0.39 is 0 Å². The lowest BCUT2D eigenvalue weighted by Gasteiger charge is -2.15. The average molecular weight is 449 g/mol. The second-order valence-corrected chi connectivity index (χ2v) is 8.71. The van der Waals surface area contributed by atoms with Crippen LogP contribution in [0.1, 0.15) is 22.5 Å². The monoisotopic (exact) mass is 448 g/mol. The number of ether oxygens (including phenoxy) is 1. The molecular formula is C19H21BrN4O2S. The van der Waals surface area contributed by atoms with E-state index in [1.165, 1.54) is 11.3 Å². The van der Waals surface area contributed by atoms with Crippen LogP contribution in [0.2, 0.25) is 0 Å². The molecule has 0 saturated carbocycles. The summed E-state index contributed by atoms with van der Waals surface area (Å²) in [5.41, 5.74) is 1.84. The van der Waals surface area contributed by atoms with E-state index in [1.54, 1.807) is 0 Å². The van der Waals surface area contributed by atoms with E-state index in [2.05, 4.69) is 25.8 Å². The minimum Gasteiger partial charge on any atom is -0.376 e. The zero-order chi connectivity index (χ0) is 19.0. The van der Waals surface area contributed by atoms with E-state index in [0.29, 0.717) is 11.4 Å². The van der Waals surface area contributed by atoms with Crippen LogP contribution in [-0.4, -0.2) is 48.8 Å². The summed E-state index contributed by atoms with van der Waals surface area (Å²) in [7, 11) is 3.94. The van der Waals surface area contributed by atoms with Crippen molar-refractivity contribution in [3.05, 3.63) is 39.7 Å². The van der Waals surface area contributed by atoms with E-state index in [-0.39, 0.29) is 12.0 Å². The minimum absolute atomic E-state index is 0.0674. The smallest absolute Gasteiger partial charge is 0.261 e. The predicted molar refractivity (Wildman–Crippen MR) is 112 cm³/mol. The number of amides is 1. The molecule has 1 fully saturated rings. The van der Waals surface area contributed by atoms with E-state index in [1.807, 2.05) is 49.3 Å². The lowest BCUT2D eigenvalue weighted by Crippen LogP contribution is -2.31. The first-order valence-corrected chi connectivity index (χ1v) is 10.5. The maximum Gasteiger partial charge on any atom is 0.261 e. The Morgan fingerprint density at radius 1 is 1.41 bits per heavy atom. The molecule has 27 heavy (non-hydrogen) atoms. The largest absolute Gasteiger partial charge is 0.376 e. The number of benzene rings is 1. The van der Waals surface area contributed by atoms with Crippen LogP contribution in [0, 0.1) is 0 Å². The Labute approximate surface area is 170 Å². The summed E-state index contributed by atoms with van der Waals surface area (Å²) in [6.45, 7) is 1.35. The van der Waals surface area contributed by atoms with Crippen LogP contribution < -0.4 is 10.2 Å². The normalized spacial score (nSPS) is 16.8. The molecule has 0 unspecified atom stereocenters. The zero-order valence-electron chi connectivity index (χ0n) is 15.2. The highest BCUT2D eigenvalue weighted by Crippen LogP contribution is 2.33. The van der Waals surface area contributed by atoms with Gasteiger partial charge in [0.15, 0.2) is 0 Å². The number of halogens is 1. The molecule has 1 aromatic carbocycles. The van der Waals surface area contributed by atoms with Gasteiger partial charge in [0.05, 0.1) is 11.0 Å². The van der Waals surface area contributed by atoms with Gasteiger partial charge in [0.1, 0.15) is 10.3 Å². The van der Waals surface area contributed by atoms with Gasteiger partial charge < -0.3 is 15.0 Å². The van der Waals surface area contributed by atoms with Crippen LogP contribution in [0.25, 0.3) is 16.0 Å². The molecule has 1 aliphatic rings. The fourth-order valence-electron chi connectivity index (χ4n) is 3.19. The van der Waals surface area contributed by atoms with E-state index in [4.69, 9.17) is 9.72 Å². The van der Waals surface area contributed by atoms with Crippen molar-refractivity contribution in [1.82, 2.24) is 14.9 Å². The number of carbonyl (C=O) groups excluding carboxylic acids is 1. The van der Waals surface area contributed by atoms with Crippen molar-refractivity contribution in [2.45, 2.75) is 18.9 Å². The molecule has 1 atom stereocenters. The van der Waals surface area contributed by atoms with Crippen LogP contribution in [0.3, 0.4) is 0 Å². The molecule has 1 aliphatic heterocycles. The van der Waals surface area contributed by atoms with Gasteiger partial charge in [-0.1, -0.05) is 15.9 Å². The van der Waals surface area contributed by atoms with Gasteiger partial charge in [0.25, 0.3) is 5.91 Å². The number of hydrogen-bond donors (Lipinski definition) is 1. The van der Waals surface area contributed by atoms with E-state index in [0.717, 1.165) is 45.9 Å². The molecule has 142 valence electrons. The van der Waals surface area contributed by atoms with Crippen molar-refractivity contribution >= 4 is 49.5 Å². The van der Waals surface area contributed by atoms with Crippen LogP contribution in [0.15, 0.2) is 34.8 Å². The number of hydrogen-bond acceptors (Lipinski definition) is 5. The van der Waals surface area contributed by atoms with Crippen LogP contribution in [0.4, 0.5) is 5.95 Å². The standard InChI is InChI=1S/C19H21BrN4O2S/c1-23(2)19-22-15-10-16(17(25)21-11-14-4-3-9-26-14)27-18(15)24(19)13-7-5-12(20)6-8-13/h5-8,10,14H,3-4,9,11H2,1-2H3,(H,21,25)/t14-/m0/s1. The van der Waals surface area contributed by atoms with E-state index in [9.17, 15) is 4.79 Å². The predicted octanol–water partition coefficient (Wildman–Crippen LogP) is 3.82. The molecule has 3 aromatic rings. The number of thiophene rings is 1. The second-order valence-electron chi connectivity index (χ2n) is 6.76. The number of fused-ring (bicyclic) bond motifs is 1. The molecule has 0 aliphatic carbocycles. The fourth-order valence-corrected chi connectivity index (χ4v) is 4.49. The van der Waals surface area contributed by atoms with Crippen molar-refractivity contribution < 1.29 is 9.53 Å². The number of nitrogens with one attached hydrogen (secondary N) is 1.